The number of nitrogens with one attached hydrogen (secondary N) is 1. The Morgan fingerprint density at radius 3 is 2.76 bits per heavy atom. The molecule has 0 bridgehead atoms. The van der Waals surface area contributed by atoms with Crippen molar-refractivity contribution in [2.45, 2.75) is 6.42 Å². The van der Waals surface area contributed by atoms with E-state index in [0.717, 1.165) is 6.07 Å². The molecule has 1 aromatic carbocycles. The number of rotatable bonds is 5. The molecule has 0 atom stereocenters. The molecule has 17 heavy (non-hydrogen) atoms. The van der Waals surface area contributed by atoms with E-state index in [4.69, 9.17) is 9.84 Å². The highest BCUT2D eigenvalue weighted by Crippen LogP contribution is 2.19. The molecule has 0 unspecified atom stereocenters. The molecule has 0 heterocycles. The van der Waals surface area contributed by atoms with Crippen LogP contribution in [-0.4, -0.2) is 30.6 Å². The van der Waals surface area contributed by atoms with E-state index < -0.39 is 11.8 Å². The van der Waals surface area contributed by atoms with Gasteiger partial charge in [-0.15, -0.1) is 0 Å². The number of carbonyl (C=O) groups excluding carboxylic acids is 1. The van der Waals surface area contributed by atoms with Crippen molar-refractivity contribution in [3.63, 3.8) is 0 Å². The van der Waals surface area contributed by atoms with Gasteiger partial charge in [-0.25, -0.2) is 4.39 Å². The van der Waals surface area contributed by atoms with Gasteiger partial charge in [0.1, 0.15) is 0 Å². The fraction of sp³-hybridized carbons (Fsp3) is 0.273. The Hall–Kier alpha value is -2.11. The number of carboxylic acid groups (broad SMARTS) is 1. The molecule has 1 rings (SSSR count). The van der Waals surface area contributed by atoms with Gasteiger partial charge >= 0.3 is 5.97 Å². The first-order chi connectivity index (χ1) is 8.04. The van der Waals surface area contributed by atoms with Crippen molar-refractivity contribution in [3.05, 3.63) is 29.6 Å². The Morgan fingerprint density at radius 1 is 1.47 bits per heavy atom. The van der Waals surface area contributed by atoms with Crippen LogP contribution in [0.4, 0.5) is 4.39 Å². The zero-order valence-electron chi connectivity index (χ0n) is 9.20. The normalized spacial score (nSPS) is 9.76. The van der Waals surface area contributed by atoms with Gasteiger partial charge in [0.05, 0.1) is 13.0 Å². The van der Waals surface area contributed by atoms with Crippen molar-refractivity contribution in [1.82, 2.24) is 5.32 Å². The van der Waals surface area contributed by atoms with Gasteiger partial charge in [0.15, 0.2) is 11.6 Å². The second-order valence-corrected chi connectivity index (χ2v) is 3.22. The van der Waals surface area contributed by atoms with E-state index >= 15 is 0 Å². The fourth-order valence-corrected chi connectivity index (χ4v) is 1.15. The predicted octanol–water partition coefficient (Wildman–Crippen LogP) is 1.04. The fourth-order valence-electron chi connectivity index (χ4n) is 1.15. The lowest BCUT2D eigenvalue weighted by Gasteiger charge is -2.07. The van der Waals surface area contributed by atoms with E-state index in [1.165, 1.54) is 19.2 Å². The van der Waals surface area contributed by atoms with Crippen LogP contribution in [0.5, 0.6) is 5.75 Å². The molecule has 92 valence electrons. The van der Waals surface area contributed by atoms with Crippen LogP contribution in [0, 0.1) is 5.82 Å². The smallest absolute Gasteiger partial charge is 0.306 e. The average Bonchev–Trinajstić information content (AvgIpc) is 2.30. The predicted molar refractivity (Wildman–Crippen MR) is 57.5 cm³/mol. The molecule has 1 aromatic rings. The second-order valence-electron chi connectivity index (χ2n) is 3.22. The molecule has 0 saturated carbocycles. The van der Waals surface area contributed by atoms with Crippen molar-refractivity contribution in [3.8, 4) is 5.75 Å². The second kappa shape index (κ2) is 5.83. The van der Waals surface area contributed by atoms with Crippen molar-refractivity contribution in [1.29, 1.82) is 0 Å². The van der Waals surface area contributed by atoms with Gasteiger partial charge in [0.25, 0.3) is 5.91 Å². The maximum Gasteiger partial charge on any atom is 0.306 e. The number of carboxylic acids is 1. The molecule has 0 aliphatic rings. The van der Waals surface area contributed by atoms with Crippen LogP contribution in [-0.2, 0) is 4.79 Å². The zero-order chi connectivity index (χ0) is 12.8. The Balaban J connectivity index is 2.76. The van der Waals surface area contributed by atoms with Gasteiger partial charge in [-0.3, -0.25) is 9.59 Å². The number of benzene rings is 1. The van der Waals surface area contributed by atoms with Crippen LogP contribution < -0.4 is 10.1 Å². The summed E-state index contributed by atoms with van der Waals surface area (Å²) in [4.78, 5) is 21.5. The summed E-state index contributed by atoms with van der Waals surface area (Å²) >= 11 is 0. The SMILES string of the molecule is CNC(=O)c1ccc(F)c(OCCC(=O)O)c1. The van der Waals surface area contributed by atoms with Crippen molar-refractivity contribution >= 4 is 11.9 Å². The van der Waals surface area contributed by atoms with E-state index in [9.17, 15) is 14.0 Å². The monoisotopic (exact) mass is 241 g/mol. The molecular formula is C11H12FNO4. The largest absolute Gasteiger partial charge is 0.490 e. The van der Waals surface area contributed by atoms with Crippen LogP contribution in [0.1, 0.15) is 16.8 Å². The van der Waals surface area contributed by atoms with E-state index in [1.54, 1.807) is 0 Å². The molecule has 1 amide bonds. The molecule has 0 aliphatic carbocycles. The third-order valence-corrected chi connectivity index (χ3v) is 1.99. The summed E-state index contributed by atoms with van der Waals surface area (Å²) in [5.74, 6) is -2.17. The average molecular weight is 241 g/mol. The summed E-state index contributed by atoms with van der Waals surface area (Å²) in [6.07, 6.45) is -0.232. The number of carbonyl (C=O) groups is 2. The first-order valence-electron chi connectivity index (χ1n) is 4.91. The van der Waals surface area contributed by atoms with Gasteiger partial charge in [0, 0.05) is 12.6 Å². The minimum atomic E-state index is -1.03. The van der Waals surface area contributed by atoms with Gasteiger partial charge < -0.3 is 15.2 Å². The van der Waals surface area contributed by atoms with E-state index in [0.29, 0.717) is 0 Å². The summed E-state index contributed by atoms with van der Waals surface area (Å²) in [5, 5.41) is 10.8. The molecular weight excluding hydrogens is 229 g/mol. The van der Waals surface area contributed by atoms with Crippen LogP contribution >= 0.6 is 0 Å². The van der Waals surface area contributed by atoms with Crippen LogP contribution in [0.15, 0.2) is 18.2 Å². The minimum Gasteiger partial charge on any atom is -0.490 e. The zero-order valence-corrected chi connectivity index (χ0v) is 9.20. The van der Waals surface area contributed by atoms with E-state index in [2.05, 4.69) is 5.32 Å². The number of amides is 1. The highest BCUT2D eigenvalue weighted by Gasteiger charge is 2.09. The quantitative estimate of drug-likeness (QED) is 0.807. The first kappa shape index (κ1) is 13.0. The number of aliphatic carboxylic acids is 1. The third kappa shape index (κ3) is 3.75. The maximum absolute atomic E-state index is 13.3. The third-order valence-electron chi connectivity index (χ3n) is 1.99. The lowest BCUT2D eigenvalue weighted by molar-refractivity contribution is -0.137. The topological polar surface area (TPSA) is 75.6 Å². The number of ether oxygens (including phenoxy) is 1. The van der Waals surface area contributed by atoms with Crippen LogP contribution in [0.3, 0.4) is 0 Å². The summed E-state index contributed by atoms with van der Waals surface area (Å²) in [7, 11) is 1.46. The Bertz CT molecular complexity index is 433. The lowest BCUT2D eigenvalue weighted by Crippen LogP contribution is -2.18. The van der Waals surface area contributed by atoms with Crippen molar-refractivity contribution < 1.29 is 23.8 Å². The van der Waals surface area contributed by atoms with Gasteiger partial charge in [-0.1, -0.05) is 0 Å². The van der Waals surface area contributed by atoms with Crippen molar-refractivity contribution in [2.24, 2.45) is 0 Å². The molecule has 2 N–H and O–H groups in total. The molecule has 0 aliphatic heterocycles. The molecule has 0 radical (unpaired) electrons. The molecule has 0 spiro atoms. The number of hydrogen-bond donors (Lipinski definition) is 2. The molecule has 6 heteroatoms. The lowest BCUT2D eigenvalue weighted by atomic mass is 10.2. The summed E-state index contributed by atoms with van der Waals surface area (Å²) in [6, 6.07) is 3.65. The molecule has 5 nitrogen and oxygen atoms in total. The standard InChI is InChI=1S/C11H12FNO4/c1-13-11(16)7-2-3-8(12)9(6-7)17-5-4-10(14)15/h2-3,6H,4-5H2,1H3,(H,13,16)(H,14,15). The minimum absolute atomic E-state index is 0.132. The van der Waals surface area contributed by atoms with E-state index in [-0.39, 0.29) is 30.2 Å². The summed E-state index contributed by atoms with van der Waals surface area (Å²) in [6.45, 7) is -0.149. The molecule has 0 aromatic heterocycles. The highest BCUT2D eigenvalue weighted by atomic mass is 19.1. The Morgan fingerprint density at radius 2 is 2.18 bits per heavy atom. The summed E-state index contributed by atoms with van der Waals surface area (Å²) in [5.41, 5.74) is 0.249. The van der Waals surface area contributed by atoms with Crippen LogP contribution in [0.2, 0.25) is 0 Å². The Labute approximate surface area is 97.2 Å². The van der Waals surface area contributed by atoms with Gasteiger partial charge in [0.2, 0.25) is 0 Å². The first-order valence-corrected chi connectivity index (χ1v) is 4.91. The maximum atomic E-state index is 13.3. The summed E-state index contributed by atoms with van der Waals surface area (Å²) < 4.78 is 18.2. The van der Waals surface area contributed by atoms with Gasteiger partial charge in [-0.2, -0.15) is 0 Å². The number of hydrogen-bond acceptors (Lipinski definition) is 3. The van der Waals surface area contributed by atoms with Crippen LogP contribution in [0.25, 0.3) is 0 Å². The van der Waals surface area contributed by atoms with Gasteiger partial charge in [-0.05, 0) is 18.2 Å². The number of halogens is 1. The molecule has 0 saturated heterocycles. The molecule has 0 fully saturated rings. The highest BCUT2D eigenvalue weighted by molar-refractivity contribution is 5.94. The van der Waals surface area contributed by atoms with Crippen molar-refractivity contribution in [2.75, 3.05) is 13.7 Å². The van der Waals surface area contributed by atoms with E-state index in [1.807, 2.05) is 0 Å². The Kier molecular flexibility index (Phi) is 4.45.